The summed E-state index contributed by atoms with van der Waals surface area (Å²) < 4.78 is 20.5. The molecule has 7 heteroatoms. The average molecular weight is 482 g/mol. The van der Waals surface area contributed by atoms with Crippen molar-refractivity contribution in [2.75, 3.05) is 26.7 Å². The van der Waals surface area contributed by atoms with E-state index in [-0.39, 0.29) is 42.3 Å². The number of carbonyl (C=O) groups is 1. The van der Waals surface area contributed by atoms with Crippen molar-refractivity contribution in [3.63, 3.8) is 0 Å². The topological polar surface area (TPSA) is 65.9 Å². The molecule has 0 aliphatic carbocycles. The molecule has 1 aliphatic rings. The summed E-state index contributed by atoms with van der Waals surface area (Å²) >= 11 is 0. The third-order valence-corrected chi connectivity index (χ3v) is 6.15. The largest absolute Gasteiger partial charge is 0.472 e. The van der Waals surface area contributed by atoms with Crippen LogP contribution in [-0.4, -0.2) is 64.7 Å². The summed E-state index contributed by atoms with van der Waals surface area (Å²) in [5, 5.41) is 9.82. The number of halogens is 1. The van der Waals surface area contributed by atoms with E-state index < -0.39 is 0 Å². The fourth-order valence-corrected chi connectivity index (χ4v) is 4.03. The van der Waals surface area contributed by atoms with Crippen LogP contribution in [-0.2, 0) is 6.54 Å². The van der Waals surface area contributed by atoms with E-state index in [1.807, 2.05) is 31.9 Å². The summed E-state index contributed by atoms with van der Waals surface area (Å²) in [7, 11) is 1.92. The Morgan fingerprint density at radius 1 is 1.31 bits per heavy atom. The molecule has 1 aliphatic heterocycles. The molecule has 35 heavy (non-hydrogen) atoms. The van der Waals surface area contributed by atoms with Crippen molar-refractivity contribution in [2.45, 2.75) is 52.8 Å². The van der Waals surface area contributed by atoms with E-state index in [4.69, 9.17) is 4.74 Å². The molecule has 3 rings (SSSR count). The van der Waals surface area contributed by atoms with Crippen LogP contribution in [0.15, 0.2) is 36.5 Å². The lowest BCUT2D eigenvalue weighted by Crippen LogP contribution is -2.49. The molecule has 1 aromatic carbocycles. The summed E-state index contributed by atoms with van der Waals surface area (Å²) in [6.07, 6.45) is 2.09. The van der Waals surface area contributed by atoms with Crippen LogP contribution in [0.4, 0.5) is 4.39 Å². The van der Waals surface area contributed by atoms with E-state index >= 15 is 0 Å². The first-order chi connectivity index (χ1) is 16.7. The predicted octanol–water partition coefficient (Wildman–Crippen LogP) is 3.97. The monoisotopic (exact) mass is 481 g/mol. The van der Waals surface area contributed by atoms with E-state index in [1.165, 1.54) is 6.07 Å². The number of ether oxygens (including phenoxy) is 1. The van der Waals surface area contributed by atoms with Crippen LogP contribution in [0.1, 0.15) is 55.6 Å². The lowest BCUT2D eigenvalue weighted by Gasteiger charge is -2.37. The highest BCUT2D eigenvalue weighted by atomic mass is 19.1. The Bertz CT molecular complexity index is 1080. The number of benzene rings is 1. The van der Waals surface area contributed by atoms with E-state index in [9.17, 15) is 14.3 Å². The molecule has 0 bridgehead atoms. The number of hydrogen-bond acceptors (Lipinski definition) is 5. The van der Waals surface area contributed by atoms with Crippen molar-refractivity contribution in [1.82, 2.24) is 14.8 Å². The van der Waals surface area contributed by atoms with Crippen molar-refractivity contribution in [2.24, 2.45) is 11.8 Å². The van der Waals surface area contributed by atoms with Crippen molar-refractivity contribution < 1.29 is 19.0 Å². The summed E-state index contributed by atoms with van der Waals surface area (Å²) in [6, 6.07) is 8.10. The van der Waals surface area contributed by atoms with E-state index in [0.29, 0.717) is 42.2 Å². The number of hydrogen-bond donors (Lipinski definition) is 1. The minimum Gasteiger partial charge on any atom is -0.472 e. The number of nitrogens with zero attached hydrogens (tertiary/aromatic N) is 3. The Morgan fingerprint density at radius 3 is 2.74 bits per heavy atom. The highest BCUT2D eigenvalue weighted by molar-refractivity contribution is 5.97. The van der Waals surface area contributed by atoms with Crippen molar-refractivity contribution >= 4 is 5.91 Å². The van der Waals surface area contributed by atoms with E-state index in [0.717, 1.165) is 6.42 Å². The molecule has 0 unspecified atom stereocenters. The minimum atomic E-state index is -0.358. The normalized spacial score (nSPS) is 18.9. The second-order valence-electron chi connectivity index (χ2n) is 9.89. The second-order valence-corrected chi connectivity index (χ2v) is 9.89. The lowest BCUT2D eigenvalue weighted by molar-refractivity contribution is 0.0324. The van der Waals surface area contributed by atoms with Crippen molar-refractivity contribution in [3.05, 3.63) is 59.0 Å². The molecule has 6 nitrogen and oxygen atoms in total. The van der Waals surface area contributed by atoms with Gasteiger partial charge < -0.3 is 14.7 Å². The predicted molar refractivity (Wildman–Crippen MR) is 134 cm³/mol. The summed E-state index contributed by atoms with van der Waals surface area (Å²) in [6.45, 7) is 9.26. The lowest BCUT2D eigenvalue weighted by atomic mass is 9.99. The number of pyridine rings is 1. The first kappa shape index (κ1) is 26.7. The van der Waals surface area contributed by atoms with Gasteiger partial charge in [0.15, 0.2) is 0 Å². The van der Waals surface area contributed by atoms with E-state index in [2.05, 4.69) is 30.7 Å². The molecule has 1 aromatic heterocycles. The van der Waals surface area contributed by atoms with Crippen LogP contribution in [0.3, 0.4) is 0 Å². The Balaban J connectivity index is 1.90. The van der Waals surface area contributed by atoms with Crippen LogP contribution in [0.25, 0.3) is 0 Å². The summed E-state index contributed by atoms with van der Waals surface area (Å²) in [5.74, 6) is 6.43. The minimum absolute atomic E-state index is 0.0449. The molecule has 3 atom stereocenters. The standard InChI is InChI=1S/C28H36FN3O3/c1-19(2)9-8-10-22-13-24-27(30-14-22)35-26(20(3)15-32(28(24)34)21(4)18-33)17-31(5)16-23-11-6-7-12-25(23)29/h6-7,11-14,19-21,26,33H,9,15-18H2,1-5H3/t20-,21-,26+/m0/s1. The molecular formula is C28H36FN3O3. The zero-order valence-electron chi connectivity index (χ0n) is 21.3. The maximum absolute atomic E-state index is 14.2. The second kappa shape index (κ2) is 12.1. The average Bonchev–Trinajstić information content (AvgIpc) is 2.82. The van der Waals surface area contributed by atoms with Crippen LogP contribution >= 0.6 is 0 Å². The summed E-state index contributed by atoms with van der Waals surface area (Å²) in [4.78, 5) is 21.6. The van der Waals surface area contributed by atoms with Gasteiger partial charge in [-0.05, 0) is 32.0 Å². The fraction of sp³-hybridized carbons (Fsp3) is 0.500. The fourth-order valence-electron chi connectivity index (χ4n) is 4.03. The Kier molecular flexibility index (Phi) is 9.25. The number of aliphatic hydroxyl groups is 1. The van der Waals surface area contributed by atoms with Gasteiger partial charge in [0.1, 0.15) is 17.5 Å². The van der Waals surface area contributed by atoms with Gasteiger partial charge in [-0.3, -0.25) is 9.69 Å². The molecule has 2 aromatic rings. The third kappa shape index (κ3) is 7.03. The zero-order chi connectivity index (χ0) is 25.5. The Hall–Kier alpha value is -2.95. The van der Waals surface area contributed by atoms with Gasteiger partial charge >= 0.3 is 0 Å². The number of fused-ring (bicyclic) bond motifs is 1. The molecular weight excluding hydrogens is 445 g/mol. The molecule has 0 radical (unpaired) electrons. The molecule has 0 spiro atoms. The first-order valence-corrected chi connectivity index (χ1v) is 12.2. The SMILES string of the molecule is CC(C)CC#Cc1cnc2c(c1)C(=O)N([C@@H](C)CO)C[C@H](C)[C@@H](CN(C)Cc1ccccc1F)O2. The number of carbonyl (C=O) groups excluding carboxylic acids is 1. The van der Waals surface area contributed by atoms with Crippen LogP contribution in [0, 0.1) is 29.5 Å². The zero-order valence-corrected chi connectivity index (χ0v) is 21.3. The van der Waals surface area contributed by atoms with Gasteiger partial charge in [0.05, 0.1) is 12.6 Å². The molecule has 0 saturated carbocycles. The van der Waals surface area contributed by atoms with Crippen LogP contribution in [0.2, 0.25) is 0 Å². The van der Waals surface area contributed by atoms with Crippen LogP contribution < -0.4 is 4.74 Å². The maximum atomic E-state index is 14.2. The Labute approximate surface area is 208 Å². The molecule has 2 heterocycles. The highest BCUT2D eigenvalue weighted by Gasteiger charge is 2.34. The van der Waals surface area contributed by atoms with Gasteiger partial charge in [-0.2, -0.15) is 0 Å². The van der Waals surface area contributed by atoms with Gasteiger partial charge in [0.25, 0.3) is 5.91 Å². The van der Waals surface area contributed by atoms with Gasteiger partial charge in [0, 0.05) is 49.3 Å². The number of likely N-dealkylation sites (N-methyl/N-ethyl adjacent to an activating group) is 1. The van der Waals surface area contributed by atoms with Gasteiger partial charge in [-0.25, -0.2) is 9.37 Å². The number of aliphatic hydroxyl groups excluding tert-OH is 1. The molecule has 188 valence electrons. The van der Waals surface area contributed by atoms with Crippen LogP contribution in [0.5, 0.6) is 5.88 Å². The smallest absolute Gasteiger partial charge is 0.259 e. The quantitative estimate of drug-likeness (QED) is 0.607. The van der Waals surface area contributed by atoms with Gasteiger partial charge in [-0.1, -0.05) is 50.8 Å². The highest BCUT2D eigenvalue weighted by Crippen LogP contribution is 2.27. The van der Waals surface area contributed by atoms with E-state index in [1.54, 1.807) is 29.3 Å². The van der Waals surface area contributed by atoms with Gasteiger partial charge in [0.2, 0.25) is 5.88 Å². The number of amides is 1. The first-order valence-electron chi connectivity index (χ1n) is 12.2. The summed E-state index contributed by atoms with van der Waals surface area (Å²) in [5.41, 5.74) is 1.61. The molecule has 0 fully saturated rings. The number of rotatable bonds is 7. The Morgan fingerprint density at radius 2 is 2.06 bits per heavy atom. The van der Waals surface area contributed by atoms with Gasteiger partial charge in [-0.15, -0.1) is 0 Å². The van der Waals surface area contributed by atoms with Crippen molar-refractivity contribution in [1.29, 1.82) is 0 Å². The molecule has 1 N–H and O–H groups in total. The van der Waals surface area contributed by atoms with Crippen molar-refractivity contribution in [3.8, 4) is 17.7 Å². The maximum Gasteiger partial charge on any atom is 0.259 e. The molecule has 1 amide bonds. The third-order valence-electron chi connectivity index (χ3n) is 6.15. The number of aromatic nitrogens is 1. The molecule has 0 saturated heterocycles.